The van der Waals surface area contributed by atoms with Crippen LogP contribution in [0.4, 0.5) is 13.2 Å². The molecule has 0 radical (unpaired) electrons. The topological polar surface area (TPSA) is 20.2 Å². The number of alkyl halides is 3. The molecule has 0 heterocycles. The van der Waals surface area contributed by atoms with Gasteiger partial charge in [0.1, 0.15) is 0 Å². The van der Waals surface area contributed by atoms with Gasteiger partial charge in [0.25, 0.3) is 0 Å². The summed E-state index contributed by atoms with van der Waals surface area (Å²) in [5.41, 5.74) is -0.828. The zero-order chi connectivity index (χ0) is 10.8. The molecule has 1 N–H and O–H groups in total. The van der Waals surface area contributed by atoms with Gasteiger partial charge in [-0.3, -0.25) is 0 Å². The molecular formula is C10H17F3O. The fourth-order valence-corrected chi connectivity index (χ4v) is 2.20. The maximum absolute atomic E-state index is 11.9. The summed E-state index contributed by atoms with van der Waals surface area (Å²) in [6.45, 7) is 1.92. The Labute approximate surface area is 82.3 Å². The Hall–Kier alpha value is -0.250. The molecule has 0 aliphatic heterocycles. The molecule has 1 saturated carbocycles. The maximum Gasteiger partial charge on any atom is 0.389 e. The molecule has 0 aromatic carbocycles. The van der Waals surface area contributed by atoms with Crippen molar-refractivity contribution in [2.24, 2.45) is 5.92 Å². The highest BCUT2D eigenvalue weighted by Crippen LogP contribution is 2.39. The van der Waals surface area contributed by atoms with Gasteiger partial charge in [-0.2, -0.15) is 13.2 Å². The highest BCUT2D eigenvalue weighted by atomic mass is 19.4. The first-order valence-electron chi connectivity index (χ1n) is 5.13. The lowest BCUT2D eigenvalue weighted by molar-refractivity contribution is -0.138. The number of hydrogen-bond donors (Lipinski definition) is 1. The molecule has 1 fully saturated rings. The normalized spacial score (nSPS) is 33.6. The van der Waals surface area contributed by atoms with Crippen LogP contribution in [-0.4, -0.2) is 16.9 Å². The van der Waals surface area contributed by atoms with E-state index in [1.54, 1.807) is 0 Å². The fraction of sp³-hybridized carbons (Fsp3) is 1.00. The maximum atomic E-state index is 11.9. The van der Waals surface area contributed by atoms with Crippen LogP contribution in [0.2, 0.25) is 0 Å². The van der Waals surface area contributed by atoms with E-state index in [2.05, 4.69) is 0 Å². The van der Waals surface area contributed by atoms with Crippen molar-refractivity contribution in [2.45, 2.75) is 57.2 Å². The third-order valence-electron chi connectivity index (χ3n) is 3.23. The van der Waals surface area contributed by atoms with E-state index < -0.39 is 18.2 Å². The molecule has 0 amide bonds. The van der Waals surface area contributed by atoms with Crippen molar-refractivity contribution in [3.8, 4) is 0 Å². The lowest BCUT2D eigenvalue weighted by Gasteiger charge is -2.27. The molecule has 0 saturated heterocycles. The first-order valence-corrected chi connectivity index (χ1v) is 5.13. The zero-order valence-corrected chi connectivity index (χ0v) is 8.40. The Kier molecular flexibility index (Phi) is 3.45. The van der Waals surface area contributed by atoms with E-state index in [0.717, 1.165) is 12.8 Å². The van der Waals surface area contributed by atoms with Crippen LogP contribution in [0.3, 0.4) is 0 Å². The molecule has 4 heteroatoms. The average Bonchev–Trinajstić information content (AvgIpc) is 2.30. The number of aliphatic hydroxyl groups is 1. The van der Waals surface area contributed by atoms with Crippen LogP contribution >= 0.6 is 0 Å². The van der Waals surface area contributed by atoms with E-state index in [4.69, 9.17) is 0 Å². The Morgan fingerprint density at radius 3 is 2.50 bits per heavy atom. The summed E-state index contributed by atoms with van der Waals surface area (Å²) in [6, 6.07) is 0. The van der Waals surface area contributed by atoms with Crippen molar-refractivity contribution in [3.63, 3.8) is 0 Å². The molecule has 2 unspecified atom stereocenters. The van der Waals surface area contributed by atoms with Crippen molar-refractivity contribution in [3.05, 3.63) is 0 Å². The Morgan fingerprint density at radius 1 is 1.43 bits per heavy atom. The van der Waals surface area contributed by atoms with Crippen LogP contribution in [0.5, 0.6) is 0 Å². The quantitative estimate of drug-likeness (QED) is 0.758. The number of rotatable bonds is 3. The first kappa shape index (κ1) is 11.8. The standard InChI is InChI=1S/C10H17F3O/c1-8-4-2-5-9(8,14)6-3-7-10(11,12)13/h8,14H,2-7H2,1H3. The third-order valence-corrected chi connectivity index (χ3v) is 3.23. The molecule has 84 valence electrons. The molecule has 0 aromatic rings. The summed E-state index contributed by atoms with van der Waals surface area (Å²) in [7, 11) is 0. The van der Waals surface area contributed by atoms with E-state index in [0.29, 0.717) is 6.42 Å². The summed E-state index contributed by atoms with van der Waals surface area (Å²) in [5, 5.41) is 9.99. The summed E-state index contributed by atoms with van der Waals surface area (Å²) in [5.74, 6) is 0.149. The van der Waals surface area contributed by atoms with Crippen molar-refractivity contribution in [2.75, 3.05) is 0 Å². The van der Waals surface area contributed by atoms with Crippen LogP contribution in [0.1, 0.15) is 45.4 Å². The highest BCUT2D eigenvalue weighted by molar-refractivity contribution is 4.89. The van der Waals surface area contributed by atoms with Crippen LogP contribution in [0.15, 0.2) is 0 Å². The molecular weight excluding hydrogens is 193 g/mol. The largest absolute Gasteiger partial charge is 0.390 e. The van der Waals surface area contributed by atoms with Crippen LogP contribution < -0.4 is 0 Å². The summed E-state index contributed by atoms with van der Waals surface area (Å²) in [4.78, 5) is 0. The molecule has 1 nitrogen and oxygen atoms in total. The molecule has 1 rings (SSSR count). The third kappa shape index (κ3) is 3.15. The molecule has 0 aromatic heterocycles. The number of hydrogen-bond acceptors (Lipinski definition) is 1. The van der Waals surface area contributed by atoms with E-state index in [1.165, 1.54) is 0 Å². The lowest BCUT2D eigenvalue weighted by atomic mass is 9.87. The van der Waals surface area contributed by atoms with Crippen LogP contribution in [0.25, 0.3) is 0 Å². The van der Waals surface area contributed by atoms with E-state index in [9.17, 15) is 18.3 Å². The van der Waals surface area contributed by atoms with Crippen molar-refractivity contribution >= 4 is 0 Å². The van der Waals surface area contributed by atoms with Gasteiger partial charge in [-0.25, -0.2) is 0 Å². The molecule has 0 spiro atoms. The second-order valence-electron chi connectivity index (χ2n) is 4.37. The summed E-state index contributed by atoms with van der Waals surface area (Å²) >= 11 is 0. The van der Waals surface area contributed by atoms with Gasteiger partial charge in [-0.1, -0.05) is 13.3 Å². The smallest absolute Gasteiger partial charge is 0.389 e. The van der Waals surface area contributed by atoms with E-state index in [-0.39, 0.29) is 18.8 Å². The Morgan fingerprint density at radius 2 is 2.07 bits per heavy atom. The van der Waals surface area contributed by atoms with E-state index in [1.807, 2.05) is 6.92 Å². The average molecular weight is 210 g/mol. The Balaban J connectivity index is 2.30. The van der Waals surface area contributed by atoms with Gasteiger partial charge in [-0.05, 0) is 31.6 Å². The second-order valence-corrected chi connectivity index (χ2v) is 4.37. The minimum atomic E-state index is -4.09. The van der Waals surface area contributed by atoms with Gasteiger partial charge < -0.3 is 5.11 Å². The van der Waals surface area contributed by atoms with Crippen molar-refractivity contribution in [1.29, 1.82) is 0 Å². The van der Waals surface area contributed by atoms with Crippen molar-refractivity contribution in [1.82, 2.24) is 0 Å². The van der Waals surface area contributed by atoms with Crippen LogP contribution in [-0.2, 0) is 0 Å². The van der Waals surface area contributed by atoms with Crippen molar-refractivity contribution < 1.29 is 18.3 Å². The van der Waals surface area contributed by atoms with Crippen LogP contribution in [0, 0.1) is 5.92 Å². The molecule has 0 bridgehead atoms. The van der Waals surface area contributed by atoms with Gasteiger partial charge in [0.05, 0.1) is 5.60 Å². The SMILES string of the molecule is CC1CCCC1(O)CCCC(F)(F)F. The summed E-state index contributed by atoms with van der Waals surface area (Å²) in [6.07, 6.45) is -2.00. The molecule has 14 heavy (non-hydrogen) atoms. The molecule has 1 aliphatic rings. The summed E-state index contributed by atoms with van der Waals surface area (Å²) < 4.78 is 35.6. The highest BCUT2D eigenvalue weighted by Gasteiger charge is 2.38. The second kappa shape index (κ2) is 4.09. The van der Waals surface area contributed by atoms with Gasteiger partial charge in [0.2, 0.25) is 0 Å². The van der Waals surface area contributed by atoms with E-state index >= 15 is 0 Å². The zero-order valence-electron chi connectivity index (χ0n) is 8.40. The van der Waals surface area contributed by atoms with Gasteiger partial charge in [-0.15, -0.1) is 0 Å². The molecule has 2 atom stereocenters. The monoisotopic (exact) mass is 210 g/mol. The predicted molar refractivity (Wildman–Crippen MR) is 47.9 cm³/mol. The lowest BCUT2D eigenvalue weighted by Crippen LogP contribution is -2.31. The predicted octanol–water partition coefficient (Wildman–Crippen LogP) is 3.27. The first-order chi connectivity index (χ1) is 6.33. The molecule has 1 aliphatic carbocycles. The number of halogens is 3. The minimum Gasteiger partial charge on any atom is -0.390 e. The van der Waals surface area contributed by atoms with Gasteiger partial charge >= 0.3 is 6.18 Å². The van der Waals surface area contributed by atoms with Gasteiger partial charge in [0, 0.05) is 6.42 Å². The fourth-order valence-electron chi connectivity index (χ4n) is 2.20. The van der Waals surface area contributed by atoms with Gasteiger partial charge in [0.15, 0.2) is 0 Å². The minimum absolute atomic E-state index is 0.0460. The Bertz CT molecular complexity index is 190.